The van der Waals surface area contributed by atoms with E-state index in [1.807, 2.05) is 4.90 Å². The second-order valence-corrected chi connectivity index (χ2v) is 4.89. The maximum Gasteiger partial charge on any atom is 0.222 e. The summed E-state index contributed by atoms with van der Waals surface area (Å²) in [5.74, 6) is 1.04. The number of carbonyl (C=O) groups excluding carboxylic acids is 1. The van der Waals surface area contributed by atoms with Crippen LogP contribution in [0.25, 0.3) is 0 Å². The Balaban J connectivity index is 1.79. The Morgan fingerprint density at radius 1 is 1.38 bits per heavy atom. The first kappa shape index (κ1) is 11.9. The van der Waals surface area contributed by atoms with E-state index in [2.05, 4.69) is 17.1 Å². The van der Waals surface area contributed by atoms with E-state index in [4.69, 9.17) is 0 Å². The van der Waals surface area contributed by atoms with Crippen LogP contribution in [0.4, 0.5) is 0 Å². The molecular weight excluding hydrogens is 202 g/mol. The second-order valence-electron chi connectivity index (χ2n) is 4.89. The predicted octanol–water partition coefficient (Wildman–Crippen LogP) is 0.150. The van der Waals surface area contributed by atoms with Crippen LogP contribution >= 0.6 is 0 Å². The number of hydrogen-bond donors (Lipinski definition) is 1. The van der Waals surface area contributed by atoms with E-state index < -0.39 is 0 Å². The van der Waals surface area contributed by atoms with Crippen molar-refractivity contribution in [1.29, 1.82) is 0 Å². The molecule has 0 radical (unpaired) electrons. The Bertz CT molecular complexity index is 238. The average Bonchev–Trinajstić information content (AvgIpc) is 2.33. The van der Waals surface area contributed by atoms with Crippen LogP contribution in [0, 0.1) is 5.92 Å². The molecule has 2 rings (SSSR count). The monoisotopic (exact) mass is 225 g/mol. The first-order chi connectivity index (χ1) is 7.79. The number of rotatable bonds is 3. The summed E-state index contributed by atoms with van der Waals surface area (Å²) in [5, 5.41) is 3.37. The predicted molar refractivity (Wildman–Crippen MR) is 64.3 cm³/mol. The molecule has 2 heterocycles. The fourth-order valence-corrected chi connectivity index (χ4v) is 2.70. The molecule has 1 N–H and O–H groups in total. The molecule has 0 aliphatic carbocycles. The van der Waals surface area contributed by atoms with Crippen molar-refractivity contribution < 1.29 is 4.79 Å². The van der Waals surface area contributed by atoms with Crippen LogP contribution in [0.2, 0.25) is 0 Å². The lowest BCUT2D eigenvalue weighted by Crippen LogP contribution is -2.48. The van der Waals surface area contributed by atoms with Gasteiger partial charge in [-0.15, -0.1) is 0 Å². The molecule has 4 heteroatoms. The van der Waals surface area contributed by atoms with Gasteiger partial charge in [0.25, 0.3) is 0 Å². The van der Waals surface area contributed by atoms with Crippen molar-refractivity contribution in [3.8, 4) is 0 Å². The van der Waals surface area contributed by atoms with Gasteiger partial charge in [-0.05, 0) is 19.3 Å². The molecule has 92 valence electrons. The zero-order chi connectivity index (χ0) is 11.4. The van der Waals surface area contributed by atoms with E-state index in [1.165, 1.54) is 6.54 Å². The van der Waals surface area contributed by atoms with Crippen LogP contribution in [0.3, 0.4) is 0 Å². The summed E-state index contributed by atoms with van der Waals surface area (Å²) in [5.41, 5.74) is 0. The number of carbonyl (C=O) groups is 1. The Hall–Kier alpha value is -0.610. The van der Waals surface area contributed by atoms with Gasteiger partial charge in [-0.3, -0.25) is 4.79 Å². The summed E-state index contributed by atoms with van der Waals surface area (Å²) in [6.45, 7) is 9.64. The van der Waals surface area contributed by atoms with Crippen LogP contribution in [-0.2, 0) is 4.79 Å². The van der Waals surface area contributed by atoms with Crippen molar-refractivity contribution in [3.63, 3.8) is 0 Å². The van der Waals surface area contributed by atoms with E-state index in [9.17, 15) is 4.79 Å². The fourth-order valence-electron chi connectivity index (χ4n) is 2.70. The van der Waals surface area contributed by atoms with Gasteiger partial charge in [0.2, 0.25) is 5.91 Å². The van der Waals surface area contributed by atoms with Gasteiger partial charge in [-0.1, -0.05) is 0 Å². The summed E-state index contributed by atoms with van der Waals surface area (Å²) in [4.78, 5) is 16.1. The Morgan fingerprint density at radius 3 is 2.81 bits per heavy atom. The lowest BCUT2D eigenvalue weighted by Gasteiger charge is -2.36. The minimum atomic E-state index is 0.346. The van der Waals surface area contributed by atoms with Gasteiger partial charge in [-0.25, -0.2) is 0 Å². The standard InChI is InChI=1S/C12H23N3O/c1-2-15-10-11(3-4-12(15)16)9-14-7-5-13-6-8-14/h11,13H,2-10H2,1H3. The molecule has 16 heavy (non-hydrogen) atoms. The molecule has 2 aliphatic rings. The third-order valence-corrected chi connectivity index (χ3v) is 3.71. The molecule has 0 aromatic carbocycles. The third kappa shape index (κ3) is 2.95. The number of nitrogens with zero attached hydrogens (tertiary/aromatic N) is 2. The zero-order valence-electron chi connectivity index (χ0n) is 10.2. The van der Waals surface area contributed by atoms with Crippen molar-refractivity contribution in [1.82, 2.24) is 15.1 Å². The summed E-state index contributed by atoms with van der Waals surface area (Å²) in [6.07, 6.45) is 1.84. The van der Waals surface area contributed by atoms with Crippen LogP contribution in [0.1, 0.15) is 19.8 Å². The van der Waals surface area contributed by atoms with Crippen LogP contribution in [0.5, 0.6) is 0 Å². The van der Waals surface area contributed by atoms with Crippen molar-refractivity contribution >= 4 is 5.91 Å². The largest absolute Gasteiger partial charge is 0.343 e. The van der Waals surface area contributed by atoms with Crippen molar-refractivity contribution in [2.45, 2.75) is 19.8 Å². The zero-order valence-corrected chi connectivity index (χ0v) is 10.2. The smallest absolute Gasteiger partial charge is 0.222 e. The molecule has 2 saturated heterocycles. The van der Waals surface area contributed by atoms with Gasteiger partial charge in [0.1, 0.15) is 0 Å². The number of amides is 1. The molecule has 0 spiro atoms. The minimum Gasteiger partial charge on any atom is -0.343 e. The summed E-state index contributed by atoms with van der Waals surface area (Å²) >= 11 is 0. The minimum absolute atomic E-state index is 0.346. The van der Waals surface area contributed by atoms with Gasteiger partial charge in [0.15, 0.2) is 0 Å². The quantitative estimate of drug-likeness (QED) is 0.743. The van der Waals surface area contributed by atoms with E-state index in [-0.39, 0.29) is 0 Å². The summed E-state index contributed by atoms with van der Waals surface area (Å²) in [6, 6.07) is 0. The molecule has 2 fully saturated rings. The lowest BCUT2D eigenvalue weighted by molar-refractivity contribution is -0.134. The molecule has 0 bridgehead atoms. The molecule has 0 saturated carbocycles. The maximum absolute atomic E-state index is 11.6. The lowest BCUT2D eigenvalue weighted by atomic mass is 9.96. The topological polar surface area (TPSA) is 35.6 Å². The molecule has 1 amide bonds. The fraction of sp³-hybridized carbons (Fsp3) is 0.917. The van der Waals surface area contributed by atoms with Crippen LogP contribution < -0.4 is 5.32 Å². The highest BCUT2D eigenvalue weighted by atomic mass is 16.2. The number of piperazine rings is 1. The summed E-state index contributed by atoms with van der Waals surface area (Å²) in [7, 11) is 0. The highest BCUT2D eigenvalue weighted by molar-refractivity contribution is 5.76. The van der Waals surface area contributed by atoms with Crippen LogP contribution in [-0.4, -0.2) is 61.5 Å². The molecule has 1 atom stereocenters. The molecule has 2 aliphatic heterocycles. The SMILES string of the molecule is CCN1CC(CN2CCNCC2)CCC1=O. The van der Waals surface area contributed by atoms with Gasteiger partial charge >= 0.3 is 0 Å². The second kappa shape index (κ2) is 5.64. The highest BCUT2D eigenvalue weighted by Crippen LogP contribution is 2.18. The Labute approximate surface area is 98.0 Å². The highest BCUT2D eigenvalue weighted by Gasteiger charge is 2.26. The molecule has 1 unspecified atom stereocenters. The van der Waals surface area contributed by atoms with E-state index in [1.54, 1.807) is 0 Å². The number of hydrogen-bond acceptors (Lipinski definition) is 3. The molecule has 0 aromatic rings. The van der Waals surface area contributed by atoms with Crippen molar-refractivity contribution in [2.75, 3.05) is 45.8 Å². The van der Waals surface area contributed by atoms with E-state index >= 15 is 0 Å². The number of nitrogens with one attached hydrogen (secondary N) is 1. The van der Waals surface area contributed by atoms with Gasteiger partial charge in [-0.2, -0.15) is 0 Å². The molecule has 0 aromatic heterocycles. The number of piperidine rings is 1. The Kier molecular flexibility index (Phi) is 4.18. The normalized spacial score (nSPS) is 28.4. The Morgan fingerprint density at radius 2 is 2.12 bits per heavy atom. The third-order valence-electron chi connectivity index (χ3n) is 3.71. The number of likely N-dealkylation sites (tertiary alicyclic amines) is 1. The van der Waals surface area contributed by atoms with Gasteiger partial charge in [0.05, 0.1) is 0 Å². The average molecular weight is 225 g/mol. The molecule has 4 nitrogen and oxygen atoms in total. The van der Waals surface area contributed by atoms with Crippen molar-refractivity contribution in [3.05, 3.63) is 0 Å². The summed E-state index contributed by atoms with van der Waals surface area (Å²) < 4.78 is 0. The molecular formula is C12H23N3O. The first-order valence-corrected chi connectivity index (χ1v) is 6.50. The van der Waals surface area contributed by atoms with E-state index in [0.29, 0.717) is 11.8 Å². The van der Waals surface area contributed by atoms with Gasteiger partial charge in [0, 0.05) is 52.2 Å². The van der Waals surface area contributed by atoms with Crippen LogP contribution in [0.15, 0.2) is 0 Å². The van der Waals surface area contributed by atoms with E-state index in [0.717, 1.165) is 52.1 Å². The first-order valence-electron chi connectivity index (χ1n) is 6.50. The maximum atomic E-state index is 11.6. The van der Waals surface area contributed by atoms with Gasteiger partial charge < -0.3 is 15.1 Å². The van der Waals surface area contributed by atoms with Crippen molar-refractivity contribution in [2.24, 2.45) is 5.92 Å².